The fourth-order valence-corrected chi connectivity index (χ4v) is 1.65. The van der Waals surface area contributed by atoms with Crippen molar-refractivity contribution in [3.63, 3.8) is 0 Å². The number of aryl methyl sites for hydroxylation is 1. The maximum Gasteiger partial charge on any atom is 0.252 e. The Balaban J connectivity index is 3.03. The Morgan fingerprint density at radius 3 is 2.59 bits per heavy atom. The first-order chi connectivity index (χ1) is 7.85. The summed E-state index contributed by atoms with van der Waals surface area (Å²) in [7, 11) is 0. The zero-order valence-corrected chi connectivity index (χ0v) is 10.9. The van der Waals surface area contributed by atoms with Gasteiger partial charge in [0.2, 0.25) is 0 Å². The minimum Gasteiger partial charge on any atom is -0.389 e. The van der Waals surface area contributed by atoms with E-state index in [4.69, 9.17) is 0 Å². The Labute approximate surface area is 102 Å². The van der Waals surface area contributed by atoms with Crippen LogP contribution in [-0.4, -0.2) is 33.8 Å². The van der Waals surface area contributed by atoms with Gasteiger partial charge in [0.25, 0.3) is 5.56 Å². The third-order valence-electron chi connectivity index (χ3n) is 2.40. The normalized spacial score (nSPS) is 11.6. The molecule has 0 fully saturated rings. The summed E-state index contributed by atoms with van der Waals surface area (Å²) in [6, 6.07) is 1.47. The summed E-state index contributed by atoms with van der Waals surface area (Å²) in [5, 5.41) is 9.82. The molecule has 17 heavy (non-hydrogen) atoms. The van der Waals surface area contributed by atoms with Crippen molar-refractivity contribution in [2.75, 3.05) is 18.0 Å². The van der Waals surface area contributed by atoms with E-state index >= 15 is 0 Å². The highest BCUT2D eigenvalue weighted by Gasteiger charge is 2.18. The van der Waals surface area contributed by atoms with E-state index in [1.165, 1.54) is 6.07 Å². The summed E-state index contributed by atoms with van der Waals surface area (Å²) in [5.74, 6) is 1.29. The summed E-state index contributed by atoms with van der Waals surface area (Å²) in [6.07, 6.45) is 0.684. The third-order valence-corrected chi connectivity index (χ3v) is 2.40. The molecule has 2 N–H and O–H groups in total. The van der Waals surface area contributed by atoms with Crippen molar-refractivity contribution in [3.05, 3.63) is 22.2 Å². The van der Waals surface area contributed by atoms with Crippen molar-refractivity contribution in [2.45, 2.75) is 39.7 Å². The van der Waals surface area contributed by atoms with Crippen molar-refractivity contribution in [1.82, 2.24) is 9.97 Å². The maximum absolute atomic E-state index is 11.5. The van der Waals surface area contributed by atoms with Crippen LogP contribution < -0.4 is 10.5 Å². The van der Waals surface area contributed by atoms with E-state index in [0.29, 0.717) is 31.2 Å². The van der Waals surface area contributed by atoms with Crippen LogP contribution in [0.4, 0.5) is 5.82 Å². The molecule has 0 radical (unpaired) electrons. The fraction of sp³-hybridized carbons (Fsp3) is 0.667. The number of aromatic nitrogens is 2. The van der Waals surface area contributed by atoms with Crippen molar-refractivity contribution in [2.24, 2.45) is 0 Å². The lowest BCUT2D eigenvalue weighted by molar-refractivity contribution is 0.0874. The number of nitrogens with one attached hydrogen (secondary N) is 1. The van der Waals surface area contributed by atoms with Gasteiger partial charge in [0.15, 0.2) is 0 Å². The van der Waals surface area contributed by atoms with E-state index in [9.17, 15) is 9.90 Å². The maximum atomic E-state index is 11.5. The van der Waals surface area contributed by atoms with Gasteiger partial charge in [-0.15, -0.1) is 0 Å². The fourth-order valence-electron chi connectivity index (χ4n) is 1.65. The number of aliphatic hydroxyl groups is 1. The van der Waals surface area contributed by atoms with Crippen LogP contribution in [0.2, 0.25) is 0 Å². The molecule has 1 rings (SSSR count). The Morgan fingerprint density at radius 1 is 1.47 bits per heavy atom. The predicted molar refractivity (Wildman–Crippen MR) is 68.4 cm³/mol. The molecule has 0 aliphatic rings. The van der Waals surface area contributed by atoms with Crippen molar-refractivity contribution < 1.29 is 5.11 Å². The zero-order chi connectivity index (χ0) is 13.1. The van der Waals surface area contributed by atoms with Crippen LogP contribution in [0.15, 0.2) is 10.9 Å². The van der Waals surface area contributed by atoms with Gasteiger partial charge in [-0.3, -0.25) is 4.79 Å². The zero-order valence-electron chi connectivity index (χ0n) is 10.9. The molecule has 0 aliphatic carbocycles. The van der Waals surface area contributed by atoms with E-state index in [1.807, 2.05) is 18.7 Å². The molecular weight excluding hydrogens is 218 g/mol. The number of anilines is 1. The predicted octanol–water partition coefficient (Wildman–Crippen LogP) is 0.929. The van der Waals surface area contributed by atoms with E-state index in [0.717, 1.165) is 0 Å². The van der Waals surface area contributed by atoms with Gasteiger partial charge in [0, 0.05) is 25.6 Å². The highest BCUT2D eigenvalue weighted by Crippen LogP contribution is 2.12. The molecule has 5 heteroatoms. The number of aromatic amines is 1. The molecule has 0 spiro atoms. The van der Waals surface area contributed by atoms with Crippen molar-refractivity contribution in [3.8, 4) is 0 Å². The summed E-state index contributed by atoms with van der Waals surface area (Å²) < 4.78 is 0. The van der Waals surface area contributed by atoms with Gasteiger partial charge < -0.3 is 15.0 Å². The molecule has 0 atom stereocenters. The van der Waals surface area contributed by atoms with Crippen LogP contribution in [0, 0.1) is 0 Å². The van der Waals surface area contributed by atoms with Crippen LogP contribution in [-0.2, 0) is 6.42 Å². The van der Waals surface area contributed by atoms with Gasteiger partial charge in [-0.05, 0) is 20.8 Å². The summed E-state index contributed by atoms with van der Waals surface area (Å²) in [5.41, 5.74) is -0.965. The number of likely N-dealkylation sites (N-methyl/N-ethyl adjacent to an activating group) is 1. The van der Waals surface area contributed by atoms with E-state index in [1.54, 1.807) is 13.8 Å². The number of hydrogen-bond donors (Lipinski definition) is 2. The number of rotatable bonds is 5. The number of nitrogens with zero attached hydrogens (tertiary/aromatic N) is 2. The SMILES string of the molecule is CCc1nc(N(CC)CC(C)(C)O)cc(=O)[nH]1. The van der Waals surface area contributed by atoms with E-state index in [2.05, 4.69) is 9.97 Å². The molecular formula is C12H21N3O2. The van der Waals surface area contributed by atoms with Gasteiger partial charge >= 0.3 is 0 Å². The molecule has 1 heterocycles. The summed E-state index contributed by atoms with van der Waals surface area (Å²) in [6.45, 7) is 8.54. The lowest BCUT2D eigenvalue weighted by Gasteiger charge is -2.28. The van der Waals surface area contributed by atoms with Gasteiger partial charge in [0.05, 0.1) is 5.60 Å². The minimum atomic E-state index is -0.813. The largest absolute Gasteiger partial charge is 0.389 e. The minimum absolute atomic E-state index is 0.152. The lowest BCUT2D eigenvalue weighted by Crippen LogP contribution is -2.39. The molecule has 0 saturated carbocycles. The molecule has 0 aliphatic heterocycles. The summed E-state index contributed by atoms with van der Waals surface area (Å²) >= 11 is 0. The Bertz CT molecular complexity index is 420. The van der Waals surface area contributed by atoms with Crippen LogP contribution >= 0.6 is 0 Å². The second kappa shape index (κ2) is 5.31. The third kappa shape index (κ3) is 4.19. The first-order valence-corrected chi connectivity index (χ1v) is 5.93. The molecule has 0 unspecified atom stereocenters. The van der Waals surface area contributed by atoms with Crippen molar-refractivity contribution in [1.29, 1.82) is 0 Å². The van der Waals surface area contributed by atoms with Gasteiger partial charge in [0.1, 0.15) is 11.6 Å². The first kappa shape index (κ1) is 13.7. The highest BCUT2D eigenvalue weighted by molar-refractivity contribution is 5.37. The second-order valence-electron chi connectivity index (χ2n) is 4.73. The topological polar surface area (TPSA) is 69.2 Å². The second-order valence-corrected chi connectivity index (χ2v) is 4.73. The highest BCUT2D eigenvalue weighted by atomic mass is 16.3. The number of H-pyrrole nitrogens is 1. The smallest absolute Gasteiger partial charge is 0.252 e. The average molecular weight is 239 g/mol. The summed E-state index contributed by atoms with van der Waals surface area (Å²) in [4.78, 5) is 20.4. The standard InChI is InChI=1S/C12H21N3O2/c1-5-9-13-10(7-11(16)14-9)15(6-2)8-12(3,4)17/h7,17H,5-6,8H2,1-4H3,(H,13,14,16). The quantitative estimate of drug-likeness (QED) is 0.802. The molecule has 0 amide bonds. The Hall–Kier alpha value is -1.36. The molecule has 1 aromatic rings. The Kier molecular flexibility index (Phi) is 4.28. The molecule has 96 valence electrons. The van der Waals surface area contributed by atoms with Crippen LogP contribution in [0.25, 0.3) is 0 Å². The van der Waals surface area contributed by atoms with Gasteiger partial charge in [-0.25, -0.2) is 4.98 Å². The first-order valence-electron chi connectivity index (χ1n) is 5.93. The molecule has 1 aromatic heterocycles. The molecule has 0 saturated heterocycles. The van der Waals surface area contributed by atoms with Crippen LogP contribution in [0.5, 0.6) is 0 Å². The molecule has 5 nitrogen and oxygen atoms in total. The van der Waals surface area contributed by atoms with E-state index < -0.39 is 5.60 Å². The van der Waals surface area contributed by atoms with Crippen molar-refractivity contribution >= 4 is 5.82 Å². The average Bonchev–Trinajstić information content (AvgIpc) is 2.23. The Morgan fingerprint density at radius 2 is 2.12 bits per heavy atom. The van der Waals surface area contributed by atoms with Crippen LogP contribution in [0.1, 0.15) is 33.5 Å². The lowest BCUT2D eigenvalue weighted by atomic mass is 10.1. The van der Waals surface area contributed by atoms with E-state index in [-0.39, 0.29) is 5.56 Å². The number of hydrogen-bond acceptors (Lipinski definition) is 4. The molecule has 0 aromatic carbocycles. The van der Waals surface area contributed by atoms with Crippen LogP contribution in [0.3, 0.4) is 0 Å². The van der Waals surface area contributed by atoms with Gasteiger partial charge in [-0.2, -0.15) is 0 Å². The monoisotopic (exact) mass is 239 g/mol. The van der Waals surface area contributed by atoms with Gasteiger partial charge in [-0.1, -0.05) is 6.92 Å². The molecule has 0 bridgehead atoms.